The van der Waals surface area contributed by atoms with Crippen LogP contribution in [0, 0.1) is 0 Å². The van der Waals surface area contributed by atoms with E-state index in [4.69, 9.17) is 5.73 Å². The predicted octanol–water partition coefficient (Wildman–Crippen LogP) is 2.76. The summed E-state index contributed by atoms with van der Waals surface area (Å²) < 4.78 is 16.8. The van der Waals surface area contributed by atoms with Gasteiger partial charge in [-0.25, -0.2) is 4.39 Å². The van der Waals surface area contributed by atoms with Crippen molar-refractivity contribution < 1.29 is 4.39 Å². The van der Waals surface area contributed by atoms with Crippen molar-refractivity contribution in [3.8, 4) is 0 Å². The lowest BCUT2D eigenvalue weighted by Crippen LogP contribution is -2.33. The van der Waals surface area contributed by atoms with E-state index in [-0.39, 0.29) is 12.6 Å². The van der Waals surface area contributed by atoms with E-state index in [1.807, 2.05) is 13.8 Å². The van der Waals surface area contributed by atoms with Crippen LogP contribution in [0.1, 0.15) is 38.9 Å². The van der Waals surface area contributed by atoms with Gasteiger partial charge in [-0.15, -0.1) is 0 Å². The van der Waals surface area contributed by atoms with E-state index in [0.717, 1.165) is 0 Å². The summed E-state index contributed by atoms with van der Waals surface area (Å²) in [4.78, 5) is 0. The fraction of sp³-hybridized carbons (Fsp3) is 0.700. The molecule has 5 heteroatoms. The molecule has 0 saturated carbocycles. The first-order valence-corrected chi connectivity index (χ1v) is 5.88. The average molecular weight is 278 g/mol. The van der Waals surface area contributed by atoms with Gasteiger partial charge in [-0.2, -0.15) is 5.10 Å². The topological polar surface area (TPSA) is 43.8 Å². The average Bonchev–Trinajstić information content (AvgIpc) is 2.60. The second kappa shape index (κ2) is 4.61. The first kappa shape index (κ1) is 12.6. The highest BCUT2D eigenvalue weighted by atomic mass is 79.9. The molecule has 1 rings (SSSR count). The van der Waals surface area contributed by atoms with Crippen molar-refractivity contribution in [1.29, 1.82) is 0 Å². The van der Waals surface area contributed by atoms with E-state index < -0.39 is 5.67 Å². The van der Waals surface area contributed by atoms with E-state index in [2.05, 4.69) is 21.0 Å². The summed E-state index contributed by atoms with van der Waals surface area (Å²) in [5.74, 6) is 0. The van der Waals surface area contributed by atoms with Crippen LogP contribution in [-0.4, -0.2) is 16.3 Å². The van der Waals surface area contributed by atoms with Crippen molar-refractivity contribution >= 4 is 15.9 Å². The molecule has 0 bridgehead atoms. The molecule has 0 amide bonds. The lowest BCUT2D eigenvalue weighted by Gasteiger charge is -2.25. The van der Waals surface area contributed by atoms with Gasteiger partial charge in [0.05, 0.1) is 16.4 Å². The van der Waals surface area contributed by atoms with Crippen molar-refractivity contribution in [3.63, 3.8) is 0 Å². The van der Waals surface area contributed by atoms with Gasteiger partial charge in [0.25, 0.3) is 0 Å². The molecule has 1 unspecified atom stereocenters. The van der Waals surface area contributed by atoms with Crippen molar-refractivity contribution in [2.24, 2.45) is 5.73 Å². The van der Waals surface area contributed by atoms with Crippen LogP contribution in [0.5, 0.6) is 0 Å². The molecule has 0 aromatic carbocycles. The standard InChI is InChI=1S/C10H17BrFN3/c1-4-10(12,6-13)9-8(11)5-14-15(9)7(2)3/h5,7H,4,6,13H2,1-3H3. The predicted molar refractivity (Wildman–Crippen MR) is 62.4 cm³/mol. The van der Waals surface area contributed by atoms with E-state index in [0.29, 0.717) is 16.6 Å². The number of hydrogen-bond acceptors (Lipinski definition) is 2. The Balaban J connectivity index is 3.27. The molecule has 3 nitrogen and oxygen atoms in total. The van der Waals surface area contributed by atoms with Crippen molar-refractivity contribution in [2.45, 2.75) is 38.9 Å². The summed E-state index contributed by atoms with van der Waals surface area (Å²) in [7, 11) is 0. The monoisotopic (exact) mass is 277 g/mol. The fourth-order valence-electron chi connectivity index (χ4n) is 1.56. The molecule has 0 spiro atoms. The molecule has 86 valence electrons. The highest BCUT2D eigenvalue weighted by Gasteiger charge is 2.35. The van der Waals surface area contributed by atoms with Crippen LogP contribution in [0.25, 0.3) is 0 Å². The van der Waals surface area contributed by atoms with Gasteiger partial charge in [-0.3, -0.25) is 4.68 Å². The summed E-state index contributed by atoms with van der Waals surface area (Å²) in [6.45, 7) is 5.70. The molecule has 2 N–H and O–H groups in total. The van der Waals surface area contributed by atoms with E-state index in [1.54, 1.807) is 17.8 Å². The minimum Gasteiger partial charge on any atom is -0.327 e. The van der Waals surface area contributed by atoms with Crippen LogP contribution < -0.4 is 5.73 Å². The number of hydrogen-bond donors (Lipinski definition) is 1. The van der Waals surface area contributed by atoms with E-state index >= 15 is 0 Å². The molecular weight excluding hydrogens is 261 g/mol. The van der Waals surface area contributed by atoms with Crippen LogP contribution in [-0.2, 0) is 5.67 Å². The number of alkyl halides is 1. The van der Waals surface area contributed by atoms with Gasteiger partial charge in [0, 0.05) is 12.6 Å². The van der Waals surface area contributed by atoms with E-state index in [9.17, 15) is 4.39 Å². The molecule has 1 aromatic rings. The van der Waals surface area contributed by atoms with Gasteiger partial charge in [-0.05, 0) is 36.2 Å². The van der Waals surface area contributed by atoms with Crippen LogP contribution >= 0.6 is 15.9 Å². The van der Waals surface area contributed by atoms with Gasteiger partial charge in [0.2, 0.25) is 0 Å². The smallest absolute Gasteiger partial charge is 0.165 e. The molecule has 15 heavy (non-hydrogen) atoms. The summed E-state index contributed by atoms with van der Waals surface area (Å²) in [5, 5.41) is 4.15. The summed E-state index contributed by atoms with van der Waals surface area (Å²) >= 11 is 3.32. The Morgan fingerprint density at radius 2 is 2.27 bits per heavy atom. The first-order valence-electron chi connectivity index (χ1n) is 5.08. The Hall–Kier alpha value is -0.420. The molecule has 1 atom stereocenters. The summed E-state index contributed by atoms with van der Waals surface area (Å²) in [5.41, 5.74) is 4.55. The van der Waals surface area contributed by atoms with Gasteiger partial charge >= 0.3 is 0 Å². The largest absolute Gasteiger partial charge is 0.327 e. The Morgan fingerprint density at radius 3 is 2.67 bits per heavy atom. The molecule has 0 aliphatic rings. The minimum atomic E-state index is -1.50. The van der Waals surface area contributed by atoms with Crippen LogP contribution in [0.3, 0.4) is 0 Å². The van der Waals surface area contributed by atoms with Crippen molar-refractivity contribution in [3.05, 3.63) is 16.4 Å². The number of nitrogens with zero attached hydrogens (tertiary/aromatic N) is 2. The highest BCUT2D eigenvalue weighted by Crippen LogP contribution is 2.35. The molecule has 0 saturated heterocycles. The van der Waals surface area contributed by atoms with Gasteiger partial charge in [0.1, 0.15) is 0 Å². The quantitative estimate of drug-likeness (QED) is 0.920. The second-order valence-electron chi connectivity index (χ2n) is 3.90. The Bertz CT molecular complexity index is 331. The van der Waals surface area contributed by atoms with Crippen molar-refractivity contribution in [1.82, 2.24) is 9.78 Å². The van der Waals surface area contributed by atoms with Gasteiger partial charge in [0.15, 0.2) is 5.67 Å². The molecule has 0 fully saturated rings. The third kappa shape index (κ3) is 2.23. The molecule has 1 heterocycles. The normalized spacial score (nSPS) is 15.7. The van der Waals surface area contributed by atoms with Crippen molar-refractivity contribution in [2.75, 3.05) is 6.54 Å². The first-order chi connectivity index (χ1) is 6.96. The van der Waals surface area contributed by atoms with Gasteiger partial charge in [-0.1, -0.05) is 6.92 Å². The Labute approximate surface area is 98.0 Å². The minimum absolute atomic E-state index is 0.0273. The Kier molecular flexibility index (Phi) is 3.89. The van der Waals surface area contributed by atoms with Crippen LogP contribution in [0.2, 0.25) is 0 Å². The maximum atomic E-state index is 14.5. The number of aromatic nitrogens is 2. The summed E-state index contributed by atoms with van der Waals surface area (Å²) in [6.07, 6.45) is 1.97. The maximum Gasteiger partial charge on any atom is 0.165 e. The van der Waals surface area contributed by atoms with Crippen LogP contribution in [0.15, 0.2) is 10.7 Å². The number of rotatable bonds is 4. The molecule has 0 aliphatic carbocycles. The zero-order valence-electron chi connectivity index (χ0n) is 9.30. The summed E-state index contributed by atoms with van der Waals surface area (Å²) in [6, 6.07) is 0.125. The lowest BCUT2D eigenvalue weighted by atomic mass is 9.98. The number of nitrogens with two attached hydrogens (primary N) is 1. The number of halogens is 2. The molecule has 1 aromatic heterocycles. The third-order valence-electron chi connectivity index (χ3n) is 2.55. The SMILES string of the molecule is CCC(F)(CN)c1c(Br)cnn1C(C)C. The highest BCUT2D eigenvalue weighted by molar-refractivity contribution is 9.10. The fourth-order valence-corrected chi connectivity index (χ4v) is 2.19. The molecule has 0 radical (unpaired) electrons. The maximum absolute atomic E-state index is 14.5. The molecular formula is C10H17BrFN3. The second-order valence-corrected chi connectivity index (χ2v) is 4.76. The zero-order valence-corrected chi connectivity index (χ0v) is 10.9. The molecule has 0 aliphatic heterocycles. The third-order valence-corrected chi connectivity index (χ3v) is 3.13. The Morgan fingerprint density at radius 1 is 1.67 bits per heavy atom. The van der Waals surface area contributed by atoms with Crippen LogP contribution in [0.4, 0.5) is 4.39 Å². The lowest BCUT2D eigenvalue weighted by molar-refractivity contribution is 0.150. The van der Waals surface area contributed by atoms with E-state index in [1.165, 1.54) is 0 Å². The van der Waals surface area contributed by atoms with Gasteiger partial charge < -0.3 is 5.73 Å². The zero-order chi connectivity index (χ0) is 11.6.